The maximum atomic E-state index is 11.7. The quantitative estimate of drug-likeness (QED) is 0.677. The summed E-state index contributed by atoms with van der Waals surface area (Å²) in [5.41, 5.74) is 5.68. The van der Waals surface area contributed by atoms with E-state index in [1.54, 1.807) is 0 Å². The number of hydrogen-bond acceptors (Lipinski definition) is 4. The minimum absolute atomic E-state index is 0.103. The largest absolute Gasteiger partial charge is 0.481 e. The van der Waals surface area contributed by atoms with Crippen molar-refractivity contribution in [3.63, 3.8) is 0 Å². The Kier molecular flexibility index (Phi) is 5.31. The Morgan fingerprint density at radius 3 is 2.32 bits per heavy atom. The summed E-state index contributed by atoms with van der Waals surface area (Å²) in [6.45, 7) is 8.39. The van der Waals surface area contributed by atoms with E-state index in [2.05, 4.69) is 31.0 Å². The first-order chi connectivity index (χ1) is 8.70. The van der Waals surface area contributed by atoms with E-state index in [0.29, 0.717) is 0 Å². The van der Waals surface area contributed by atoms with Crippen molar-refractivity contribution in [2.75, 3.05) is 13.1 Å². The van der Waals surface area contributed by atoms with Gasteiger partial charge in [0.1, 0.15) is 0 Å². The third-order valence-corrected chi connectivity index (χ3v) is 3.52. The zero-order valence-corrected chi connectivity index (χ0v) is 12.0. The van der Waals surface area contributed by atoms with Gasteiger partial charge >= 0.3 is 5.97 Å². The summed E-state index contributed by atoms with van der Waals surface area (Å²) in [6.07, 6.45) is 1.43. The Balaban J connectivity index is 2.37. The lowest BCUT2D eigenvalue weighted by molar-refractivity contribution is -0.139. The molecule has 1 atom stereocenters. The molecule has 1 unspecified atom stereocenters. The molecule has 0 aromatic heterocycles. The van der Waals surface area contributed by atoms with Gasteiger partial charge in [-0.15, -0.1) is 0 Å². The lowest BCUT2D eigenvalue weighted by Crippen LogP contribution is -2.53. The molecular weight excluding hydrogens is 246 g/mol. The summed E-state index contributed by atoms with van der Waals surface area (Å²) in [7, 11) is 0. The fourth-order valence-corrected chi connectivity index (χ4v) is 2.28. The van der Waals surface area contributed by atoms with Gasteiger partial charge in [0.2, 0.25) is 5.91 Å². The van der Waals surface area contributed by atoms with Crippen LogP contribution >= 0.6 is 0 Å². The highest BCUT2D eigenvalue weighted by Crippen LogP contribution is 2.20. The second-order valence-corrected chi connectivity index (χ2v) is 6.15. The maximum Gasteiger partial charge on any atom is 0.305 e. The number of amides is 1. The van der Waals surface area contributed by atoms with Crippen LogP contribution in [0, 0.1) is 0 Å². The first-order valence-corrected chi connectivity index (χ1v) is 6.73. The van der Waals surface area contributed by atoms with Gasteiger partial charge in [0, 0.05) is 24.7 Å². The van der Waals surface area contributed by atoms with Gasteiger partial charge in [-0.25, -0.2) is 0 Å². The molecule has 1 amide bonds. The van der Waals surface area contributed by atoms with E-state index in [4.69, 9.17) is 10.8 Å². The van der Waals surface area contributed by atoms with Crippen LogP contribution < -0.4 is 11.1 Å². The van der Waals surface area contributed by atoms with Gasteiger partial charge in [0.05, 0.1) is 12.5 Å². The van der Waals surface area contributed by atoms with E-state index in [-0.39, 0.29) is 23.9 Å². The van der Waals surface area contributed by atoms with Crippen molar-refractivity contribution in [3.8, 4) is 0 Å². The van der Waals surface area contributed by atoms with Crippen molar-refractivity contribution in [2.45, 2.75) is 57.7 Å². The Labute approximate surface area is 114 Å². The molecule has 1 fully saturated rings. The first kappa shape index (κ1) is 15.9. The molecule has 110 valence electrons. The Bertz CT molecular complexity index is 331. The van der Waals surface area contributed by atoms with Crippen molar-refractivity contribution < 1.29 is 14.7 Å². The average molecular weight is 271 g/mol. The molecule has 0 aliphatic carbocycles. The number of carbonyl (C=O) groups excluding carboxylic acids is 1. The summed E-state index contributed by atoms with van der Waals surface area (Å²) < 4.78 is 0. The summed E-state index contributed by atoms with van der Waals surface area (Å²) in [5.74, 6) is -1.41. The summed E-state index contributed by atoms with van der Waals surface area (Å²) >= 11 is 0. The fraction of sp³-hybridized carbons (Fsp3) is 0.846. The zero-order valence-electron chi connectivity index (χ0n) is 12.0. The van der Waals surface area contributed by atoms with Gasteiger partial charge in [-0.05, 0) is 33.6 Å². The van der Waals surface area contributed by atoms with Gasteiger partial charge in [0.15, 0.2) is 0 Å². The molecule has 19 heavy (non-hydrogen) atoms. The third kappa shape index (κ3) is 5.16. The maximum absolute atomic E-state index is 11.7. The van der Waals surface area contributed by atoms with Crippen LogP contribution in [-0.4, -0.2) is 52.6 Å². The molecule has 1 heterocycles. The molecule has 6 nitrogen and oxygen atoms in total. The second-order valence-electron chi connectivity index (χ2n) is 6.15. The van der Waals surface area contributed by atoms with Crippen LogP contribution in [0.15, 0.2) is 0 Å². The van der Waals surface area contributed by atoms with E-state index in [1.165, 1.54) is 0 Å². The van der Waals surface area contributed by atoms with E-state index < -0.39 is 12.0 Å². The zero-order chi connectivity index (χ0) is 14.6. The number of nitrogens with two attached hydrogens (primary N) is 1. The van der Waals surface area contributed by atoms with Crippen molar-refractivity contribution in [2.24, 2.45) is 5.73 Å². The van der Waals surface area contributed by atoms with Crippen LogP contribution in [0.1, 0.15) is 40.0 Å². The lowest BCUT2D eigenvalue weighted by atomic mass is 9.98. The number of hydrogen-bond donors (Lipinski definition) is 3. The minimum Gasteiger partial charge on any atom is -0.481 e. The number of nitrogens with zero attached hydrogens (tertiary/aromatic N) is 1. The topological polar surface area (TPSA) is 95.7 Å². The molecule has 0 saturated carbocycles. The highest BCUT2D eigenvalue weighted by atomic mass is 16.4. The van der Waals surface area contributed by atoms with E-state index in [0.717, 1.165) is 25.9 Å². The minimum atomic E-state index is -1.05. The highest BCUT2D eigenvalue weighted by molar-refractivity contribution is 5.86. The van der Waals surface area contributed by atoms with Crippen LogP contribution in [0.25, 0.3) is 0 Å². The average Bonchev–Trinajstić information content (AvgIpc) is 2.27. The second kappa shape index (κ2) is 6.34. The molecule has 1 rings (SSSR count). The molecule has 0 spiro atoms. The Hall–Kier alpha value is -1.14. The van der Waals surface area contributed by atoms with Crippen LogP contribution in [0.3, 0.4) is 0 Å². The molecular formula is C13H25N3O3. The number of rotatable bonds is 4. The summed E-state index contributed by atoms with van der Waals surface area (Å²) in [6, 6.07) is -0.857. The summed E-state index contributed by atoms with van der Waals surface area (Å²) in [5, 5.41) is 11.4. The monoisotopic (exact) mass is 271 g/mol. The molecule has 0 bridgehead atoms. The SMILES string of the molecule is CC(C)(C)N1CCC(NC(=O)C(N)CC(=O)O)CC1. The van der Waals surface area contributed by atoms with Crippen molar-refractivity contribution in [1.82, 2.24) is 10.2 Å². The van der Waals surface area contributed by atoms with Gasteiger partial charge in [0.25, 0.3) is 0 Å². The van der Waals surface area contributed by atoms with Crippen molar-refractivity contribution in [1.29, 1.82) is 0 Å². The predicted octanol–water partition coefficient (Wildman–Crippen LogP) is 0.168. The molecule has 6 heteroatoms. The van der Waals surface area contributed by atoms with Crippen LogP contribution in [0.4, 0.5) is 0 Å². The standard InChI is InChI=1S/C13H25N3O3/c1-13(2,3)16-6-4-9(5-7-16)15-12(19)10(14)8-11(17)18/h9-10H,4-8,14H2,1-3H3,(H,15,19)(H,17,18). The number of carbonyl (C=O) groups is 2. The normalized spacial score (nSPS) is 20.0. The predicted molar refractivity (Wildman–Crippen MR) is 72.7 cm³/mol. The van der Waals surface area contributed by atoms with E-state index in [9.17, 15) is 9.59 Å². The smallest absolute Gasteiger partial charge is 0.305 e. The van der Waals surface area contributed by atoms with Gasteiger partial charge < -0.3 is 16.2 Å². The van der Waals surface area contributed by atoms with E-state index in [1.807, 2.05) is 0 Å². The third-order valence-electron chi connectivity index (χ3n) is 3.52. The molecule has 0 aromatic rings. The van der Waals surface area contributed by atoms with Gasteiger partial charge in [-0.2, -0.15) is 0 Å². The number of carboxylic acids is 1. The van der Waals surface area contributed by atoms with Gasteiger partial charge in [-0.3, -0.25) is 14.5 Å². The highest BCUT2D eigenvalue weighted by Gasteiger charge is 2.28. The number of aliphatic carboxylic acids is 1. The van der Waals surface area contributed by atoms with Crippen molar-refractivity contribution >= 4 is 11.9 Å². The van der Waals surface area contributed by atoms with Crippen LogP contribution in [0.5, 0.6) is 0 Å². The number of nitrogens with one attached hydrogen (secondary N) is 1. The molecule has 0 aromatic carbocycles. The van der Waals surface area contributed by atoms with Crippen LogP contribution in [0.2, 0.25) is 0 Å². The first-order valence-electron chi connectivity index (χ1n) is 6.73. The number of carboxylic acid groups (broad SMARTS) is 1. The molecule has 4 N–H and O–H groups in total. The molecule has 1 aliphatic heterocycles. The van der Waals surface area contributed by atoms with Crippen LogP contribution in [-0.2, 0) is 9.59 Å². The Morgan fingerprint density at radius 2 is 1.89 bits per heavy atom. The van der Waals surface area contributed by atoms with E-state index >= 15 is 0 Å². The lowest BCUT2D eigenvalue weighted by Gasteiger charge is -2.41. The van der Waals surface area contributed by atoms with Gasteiger partial charge in [-0.1, -0.05) is 0 Å². The molecule has 1 saturated heterocycles. The number of piperidine rings is 1. The number of likely N-dealkylation sites (tertiary alicyclic amines) is 1. The Morgan fingerprint density at radius 1 is 1.37 bits per heavy atom. The summed E-state index contributed by atoms with van der Waals surface area (Å²) in [4.78, 5) is 24.6. The van der Waals surface area contributed by atoms with Crippen molar-refractivity contribution in [3.05, 3.63) is 0 Å². The molecule has 0 radical (unpaired) electrons. The molecule has 1 aliphatic rings. The fourth-order valence-electron chi connectivity index (χ4n) is 2.28.